The topological polar surface area (TPSA) is 60.9 Å². The highest BCUT2D eigenvalue weighted by Gasteiger charge is 2.08. The van der Waals surface area contributed by atoms with Gasteiger partial charge in [0.05, 0.1) is 10.9 Å². The summed E-state index contributed by atoms with van der Waals surface area (Å²) in [7, 11) is 0. The Morgan fingerprint density at radius 3 is 2.64 bits per heavy atom. The third-order valence-electron chi connectivity index (χ3n) is 1.82. The second-order valence-corrected chi connectivity index (χ2v) is 2.74. The van der Waals surface area contributed by atoms with Crippen molar-refractivity contribution in [1.29, 1.82) is 0 Å². The summed E-state index contributed by atoms with van der Waals surface area (Å²) < 4.78 is 26.2. The van der Waals surface area contributed by atoms with Crippen molar-refractivity contribution in [2.75, 3.05) is 5.84 Å². The van der Waals surface area contributed by atoms with E-state index in [1.165, 1.54) is 0 Å². The SMILES string of the molecule is Nn1cnc2cc(F)c(F)cc2c1=O. The van der Waals surface area contributed by atoms with Crippen LogP contribution in [-0.4, -0.2) is 9.66 Å². The minimum atomic E-state index is -1.09. The molecule has 1 aromatic heterocycles. The fraction of sp³-hybridized carbons (Fsp3) is 0. The second kappa shape index (κ2) is 2.76. The van der Waals surface area contributed by atoms with Crippen LogP contribution in [-0.2, 0) is 0 Å². The molecule has 0 aliphatic carbocycles. The number of benzene rings is 1. The molecule has 0 bridgehead atoms. The smallest absolute Gasteiger partial charge is 0.279 e. The first-order chi connectivity index (χ1) is 6.59. The lowest BCUT2D eigenvalue weighted by atomic mass is 10.2. The number of halogens is 2. The first kappa shape index (κ1) is 8.61. The van der Waals surface area contributed by atoms with Crippen LogP contribution in [0, 0.1) is 11.6 Å². The molecule has 2 N–H and O–H groups in total. The van der Waals surface area contributed by atoms with E-state index < -0.39 is 17.2 Å². The average molecular weight is 197 g/mol. The maximum absolute atomic E-state index is 12.8. The van der Waals surface area contributed by atoms with Gasteiger partial charge >= 0.3 is 0 Å². The van der Waals surface area contributed by atoms with Crippen molar-refractivity contribution in [2.45, 2.75) is 0 Å². The van der Waals surface area contributed by atoms with Gasteiger partial charge in [0.15, 0.2) is 11.6 Å². The lowest BCUT2D eigenvalue weighted by molar-refractivity contribution is 0.510. The van der Waals surface area contributed by atoms with Crippen LogP contribution in [0.25, 0.3) is 10.9 Å². The Bertz CT molecular complexity index is 564. The standard InChI is InChI=1S/C8H5F2N3O/c9-5-1-4-7(2-6(5)10)12-3-13(11)8(4)14/h1-3H,11H2. The van der Waals surface area contributed by atoms with E-state index in [4.69, 9.17) is 5.84 Å². The average Bonchev–Trinajstić information content (AvgIpc) is 2.15. The number of nitrogens with zero attached hydrogens (tertiary/aromatic N) is 2. The van der Waals surface area contributed by atoms with Crippen LogP contribution in [0.15, 0.2) is 23.3 Å². The molecule has 4 nitrogen and oxygen atoms in total. The summed E-state index contributed by atoms with van der Waals surface area (Å²) in [5.74, 6) is 3.06. The van der Waals surface area contributed by atoms with Crippen molar-refractivity contribution in [2.24, 2.45) is 0 Å². The van der Waals surface area contributed by atoms with Gasteiger partial charge in [0.2, 0.25) is 0 Å². The third-order valence-corrected chi connectivity index (χ3v) is 1.82. The monoisotopic (exact) mass is 197 g/mol. The zero-order valence-corrected chi connectivity index (χ0v) is 6.87. The molecular formula is C8H5F2N3O. The van der Waals surface area contributed by atoms with Gasteiger partial charge in [-0.25, -0.2) is 18.4 Å². The summed E-state index contributed by atoms with van der Waals surface area (Å²) in [4.78, 5) is 15.0. The largest absolute Gasteiger partial charge is 0.335 e. The molecule has 2 rings (SSSR count). The van der Waals surface area contributed by atoms with Gasteiger partial charge in [0.25, 0.3) is 5.56 Å². The van der Waals surface area contributed by atoms with Gasteiger partial charge in [-0.1, -0.05) is 0 Å². The first-order valence-corrected chi connectivity index (χ1v) is 3.71. The Balaban J connectivity index is 2.97. The highest BCUT2D eigenvalue weighted by atomic mass is 19.2. The Morgan fingerprint density at radius 1 is 1.29 bits per heavy atom. The van der Waals surface area contributed by atoms with Gasteiger partial charge in [0, 0.05) is 6.07 Å². The fourth-order valence-corrected chi connectivity index (χ4v) is 1.13. The van der Waals surface area contributed by atoms with E-state index in [9.17, 15) is 13.6 Å². The van der Waals surface area contributed by atoms with Gasteiger partial charge < -0.3 is 5.84 Å². The zero-order valence-electron chi connectivity index (χ0n) is 6.87. The van der Waals surface area contributed by atoms with Crippen LogP contribution in [0.5, 0.6) is 0 Å². The van der Waals surface area contributed by atoms with Crippen LogP contribution < -0.4 is 11.4 Å². The maximum Gasteiger partial charge on any atom is 0.279 e. The number of nitrogens with two attached hydrogens (primary N) is 1. The quantitative estimate of drug-likeness (QED) is 0.621. The number of aromatic nitrogens is 2. The van der Waals surface area contributed by atoms with Crippen molar-refractivity contribution in [3.05, 3.63) is 40.4 Å². The fourth-order valence-electron chi connectivity index (χ4n) is 1.13. The van der Waals surface area contributed by atoms with Gasteiger partial charge in [0.1, 0.15) is 6.33 Å². The molecule has 2 aromatic rings. The predicted octanol–water partition coefficient (Wildman–Crippen LogP) is 0.388. The van der Waals surface area contributed by atoms with E-state index in [0.29, 0.717) is 4.68 Å². The Morgan fingerprint density at radius 2 is 1.93 bits per heavy atom. The molecule has 0 fully saturated rings. The van der Waals surface area contributed by atoms with Crippen LogP contribution in [0.1, 0.15) is 0 Å². The molecule has 0 aliphatic rings. The van der Waals surface area contributed by atoms with Crippen molar-refractivity contribution < 1.29 is 8.78 Å². The molecule has 0 saturated heterocycles. The number of fused-ring (bicyclic) bond motifs is 1. The molecule has 0 amide bonds. The molecule has 0 radical (unpaired) electrons. The molecule has 1 heterocycles. The van der Waals surface area contributed by atoms with Crippen LogP contribution in [0.3, 0.4) is 0 Å². The highest BCUT2D eigenvalue weighted by molar-refractivity contribution is 5.77. The molecule has 0 aliphatic heterocycles. The Kier molecular flexibility index (Phi) is 1.70. The third kappa shape index (κ3) is 1.12. The number of hydrogen-bond donors (Lipinski definition) is 1. The molecule has 0 unspecified atom stereocenters. The van der Waals surface area contributed by atoms with E-state index >= 15 is 0 Å². The minimum absolute atomic E-state index is 0.0473. The highest BCUT2D eigenvalue weighted by Crippen LogP contribution is 2.12. The summed E-state index contributed by atoms with van der Waals surface area (Å²) >= 11 is 0. The van der Waals surface area contributed by atoms with Gasteiger partial charge in [-0.3, -0.25) is 4.79 Å². The predicted molar refractivity (Wildman–Crippen MR) is 46.1 cm³/mol. The van der Waals surface area contributed by atoms with Crippen molar-refractivity contribution >= 4 is 10.9 Å². The number of hydrogen-bond acceptors (Lipinski definition) is 3. The summed E-state index contributed by atoms with van der Waals surface area (Å²) in [6, 6.07) is 1.63. The van der Waals surface area contributed by atoms with E-state index in [2.05, 4.69) is 4.98 Å². The van der Waals surface area contributed by atoms with Crippen LogP contribution in [0.4, 0.5) is 8.78 Å². The number of rotatable bonds is 0. The molecule has 72 valence electrons. The Labute approximate surface area is 76.6 Å². The van der Waals surface area contributed by atoms with Gasteiger partial charge in [-0.2, -0.15) is 0 Å². The second-order valence-electron chi connectivity index (χ2n) is 2.74. The summed E-state index contributed by atoms with van der Waals surface area (Å²) in [5.41, 5.74) is -0.537. The van der Waals surface area contributed by atoms with E-state index in [1.807, 2.05) is 0 Å². The minimum Gasteiger partial charge on any atom is -0.335 e. The zero-order chi connectivity index (χ0) is 10.3. The van der Waals surface area contributed by atoms with Crippen molar-refractivity contribution in [1.82, 2.24) is 9.66 Å². The lowest BCUT2D eigenvalue weighted by Crippen LogP contribution is -2.27. The lowest BCUT2D eigenvalue weighted by Gasteiger charge is -2.00. The van der Waals surface area contributed by atoms with E-state index in [-0.39, 0.29) is 10.9 Å². The molecule has 6 heteroatoms. The molecule has 0 spiro atoms. The normalized spacial score (nSPS) is 10.7. The first-order valence-electron chi connectivity index (χ1n) is 3.71. The molecule has 0 saturated carbocycles. The molecule has 0 atom stereocenters. The van der Waals surface area contributed by atoms with E-state index in [1.54, 1.807) is 0 Å². The van der Waals surface area contributed by atoms with E-state index in [0.717, 1.165) is 18.5 Å². The summed E-state index contributed by atoms with van der Waals surface area (Å²) in [5, 5.41) is -0.0473. The molecular weight excluding hydrogens is 192 g/mol. The van der Waals surface area contributed by atoms with Crippen molar-refractivity contribution in [3.8, 4) is 0 Å². The van der Waals surface area contributed by atoms with Gasteiger partial charge in [-0.15, -0.1) is 0 Å². The van der Waals surface area contributed by atoms with Crippen molar-refractivity contribution in [3.63, 3.8) is 0 Å². The van der Waals surface area contributed by atoms with Crippen LogP contribution in [0.2, 0.25) is 0 Å². The maximum atomic E-state index is 12.8. The Hall–Kier alpha value is -1.98. The van der Waals surface area contributed by atoms with Gasteiger partial charge in [-0.05, 0) is 6.07 Å². The summed E-state index contributed by atoms with van der Waals surface area (Å²) in [6.07, 6.45) is 1.04. The van der Waals surface area contributed by atoms with Crippen LogP contribution >= 0.6 is 0 Å². The molecule has 14 heavy (non-hydrogen) atoms. The number of nitrogen functional groups attached to an aromatic ring is 1. The summed E-state index contributed by atoms with van der Waals surface area (Å²) in [6.45, 7) is 0. The molecule has 1 aromatic carbocycles.